The van der Waals surface area contributed by atoms with Crippen molar-refractivity contribution in [2.45, 2.75) is 51.1 Å². The fourth-order valence-electron chi connectivity index (χ4n) is 4.74. The Morgan fingerprint density at radius 2 is 1.81 bits per heavy atom. The highest BCUT2D eigenvalue weighted by atomic mass is 15.3. The van der Waals surface area contributed by atoms with Crippen LogP contribution in [0.25, 0.3) is 0 Å². The molecule has 4 fully saturated rings. The van der Waals surface area contributed by atoms with Crippen LogP contribution in [0.4, 0.5) is 11.8 Å². The molecule has 144 valence electrons. The van der Waals surface area contributed by atoms with E-state index in [1.165, 1.54) is 45.3 Å². The third-order valence-electron chi connectivity index (χ3n) is 6.44. The van der Waals surface area contributed by atoms with Gasteiger partial charge in [0.05, 0.1) is 0 Å². The average molecular weight is 359 g/mol. The zero-order chi connectivity index (χ0) is 18.1. The molecular formula is C20H34N6. The molecule has 5 rings (SSSR count). The molecule has 2 bridgehead atoms. The van der Waals surface area contributed by atoms with Crippen molar-refractivity contribution in [2.75, 3.05) is 56.6 Å². The fourth-order valence-corrected chi connectivity index (χ4v) is 4.74. The molecule has 1 aromatic rings. The molecule has 4 aliphatic rings. The topological polar surface area (TPSA) is 47.5 Å². The van der Waals surface area contributed by atoms with E-state index in [1.807, 2.05) is 19.0 Å². The Kier molecular flexibility index (Phi) is 5.32. The highest BCUT2D eigenvalue weighted by Gasteiger charge is 2.35. The molecule has 5 heterocycles. The summed E-state index contributed by atoms with van der Waals surface area (Å²) in [4.78, 5) is 16.5. The Labute approximate surface area is 158 Å². The van der Waals surface area contributed by atoms with Gasteiger partial charge >= 0.3 is 0 Å². The first-order valence-corrected chi connectivity index (χ1v) is 10.4. The number of rotatable bonds is 5. The molecule has 0 saturated carbocycles. The number of piperidine rings is 4. The molecule has 0 aliphatic carbocycles. The number of anilines is 2. The van der Waals surface area contributed by atoms with Crippen molar-refractivity contribution < 1.29 is 0 Å². The monoisotopic (exact) mass is 358 g/mol. The molecule has 4 saturated heterocycles. The second kappa shape index (κ2) is 7.69. The van der Waals surface area contributed by atoms with Crippen molar-refractivity contribution in [1.82, 2.24) is 20.2 Å². The van der Waals surface area contributed by atoms with Gasteiger partial charge in [0.15, 0.2) is 0 Å². The molecule has 1 N–H and O–H groups in total. The van der Waals surface area contributed by atoms with Crippen LogP contribution in [0.3, 0.4) is 0 Å². The molecule has 6 nitrogen and oxygen atoms in total. The molecule has 1 aromatic heterocycles. The molecular weight excluding hydrogens is 324 g/mol. The first-order valence-electron chi connectivity index (χ1n) is 10.4. The van der Waals surface area contributed by atoms with E-state index in [-0.39, 0.29) is 0 Å². The molecule has 0 aromatic carbocycles. The van der Waals surface area contributed by atoms with E-state index in [4.69, 9.17) is 4.98 Å². The standard InChI is InChI=1S/C20H34N6/c1-4-16-13-19(23-20(22-16)24(2)3)26-11-7-17(8-12-26)21-18-14-25-9-5-15(18)6-10-25/h13,15,17-18,21H,4-12,14H2,1-3H3. The lowest BCUT2D eigenvalue weighted by atomic mass is 9.83. The predicted molar refractivity (Wildman–Crippen MR) is 107 cm³/mol. The van der Waals surface area contributed by atoms with Crippen LogP contribution >= 0.6 is 0 Å². The normalized spacial score (nSPS) is 29.2. The van der Waals surface area contributed by atoms with Gasteiger partial charge < -0.3 is 20.0 Å². The first-order chi connectivity index (χ1) is 12.6. The summed E-state index contributed by atoms with van der Waals surface area (Å²) in [7, 11) is 4.03. The molecule has 4 aliphatic heterocycles. The summed E-state index contributed by atoms with van der Waals surface area (Å²) in [6.45, 7) is 8.25. The minimum atomic E-state index is 0.664. The van der Waals surface area contributed by atoms with Gasteiger partial charge in [0.2, 0.25) is 5.95 Å². The lowest BCUT2D eigenvalue weighted by molar-refractivity contribution is 0.0652. The molecule has 0 spiro atoms. The summed E-state index contributed by atoms with van der Waals surface area (Å²) < 4.78 is 0. The summed E-state index contributed by atoms with van der Waals surface area (Å²) in [6, 6.07) is 3.56. The number of hydrogen-bond acceptors (Lipinski definition) is 6. The Hall–Kier alpha value is -1.40. The van der Waals surface area contributed by atoms with Gasteiger partial charge in [-0.15, -0.1) is 0 Å². The summed E-state index contributed by atoms with van der Waals surface area (Å²) in [5.74, 6) is 2.84. The third kappa shape index (κ3) is 3.81. The Morgan fingerprint density at radius 3 is 2.38 bits per heavy atom. The van der Waals surface area contributed by atoms with Gasteiger partial charge in [0.25, 0.3) is 0 Å². The maximum atomic E-state index is 4.79. The molecule has 26 heavy (non-hydrogen) atoms. The second-order valence-corrected chi connectivity index (χ2v) is 8.44. The number of fused-ring (bicyclic) bond motifs is 3. The van der Waals surface area contributed by atoms with Crippen LogP contribution in [0, 0.1) is 5.92 Å². The highest BCUT2D eigenvalue weighted by Crippen LogP contribution is 2.29. The van der Waals surface area contributed by atoms with E-state index in [0.29, 0.717) is 6.04 Å². The van der Waals surface area contributed by atoms with Crippen molar-refractivity contribution in [1.29, 1.82) is 0 Å². The Morgan fingerprint density at radius 1 is 1.08 bits per heavy atom. The van der Waals surface area contributed by atoms with Crippen molar-refractivity contribution in [3.63, 3.8) is 0 Å². The van der Waals surface area contributed by atoms with Crippen molar-refractivity contribution in [2.24, 2.45) is 5.92 Å². The quantitative estimate of drug-likeness (QED) is 0.865. The van der Waals surface area contributed by atoms with Crippen LogP contribution in [0.1, 0.15) is 38.3 Å². The second-order valence-electron chi connectivity index (χ2n) is 8.44. The summed E-state index contributed by atoms with van der Waals surface area (Å²) in [5, 5.41) is 4.00. The van der Waals surface area contributed by atoms with Gasteiger partial charge in [-0.2, -0.15) is 4.98 Å². The average Bonchev–Trinajstić information content (AvgIpc) is 2.69. The van der Waals surface area contributed by atoms with Gasteiger partial charge in [-0.05, 0) is 51.1 Å². The van der Waals surface area contributed by atoms with Crippen molar-refractivity contribution in [3.05, 3.63) is 11.8 Å². The number of nitrogens with zero attached hydrogens (tertiary/aromatic N) is 5. The van der Waals surface area contributed by atoms with E-state index < -0.39 is 0 Å². The first kappa shape index (κ1) is 18.0. The summed E-state index contributed by atoms with van der Waals surface area (Å²) >= 11 is 0. The van der Waals surface area contributed by atoms with E-state index in [0.717, 1.165) is 48.9 Å². The number of aryl methyl sites for hydroxylation is 1. The maximum absolute atomic E-state index is 4.79. The largest absolute Gasteiger partial charge is 0.356 e. The van der Waals surface area contributed by atoms with Crippen molar-refractivity contribution in [3.8, 4) is 0 Å². The summed E-state index contributed by atoms with van der Waals surface area (Å²) in [5.41, 5.74) is 1.13. The van der Waals surface area contributed by atoms with E-state index in [1.54, 1.807) is 0 Å². The van der Waals surface area contributed by atoms with Crippen LogP contribution in [0.15, 0.2) is 6.07 Å². The van der Waals surface area contributed by atoms with E-state index in [2.05, 4.69) is 33.1 Å². The van der Waals surface area contributed by atoms with E-state index >= 15 is 0 Å². The molecule has 1 atom stereocenters. The SMILES string of the molecule is CCc1cc(N2CCC(NC3CN4CCC3CC4)CC2)nc(N(C)C)n1. The highest BCUT2D eigenvalue weighted by molar-refractivity contribution is 5.46. The smallest absolute Gasteiger partial charge is 0.227 e. The van der Waals surface area contributed by atoms with Gasteiger partial charge in [-0.1, -0.05) is 6.92 Å². The predicted octanol–water partition coefficient (Wildman–Crippen LogP) is 1.76. The minimum absolute atomic E-state index is 0.664. The Bertz CT molecular complexity index is 602. The van der Waals surface area contributed by atoms with Gasteiger partial charge in [0, 0.05) is 57.6 Å². The van der Waals surface area contributed by atoms with Gasteiger partial charge in [-0.25, -0.2) is 4.98 Å². The van der Waals surface area contributed by atoms with E-state index in [9.17, 15) is 0 Å². The number of aromatic nitrogens is 2. The fraction of sp³-hybridized carbons (Fsp3) is 0.800. The van der Waals surface area contributed by atoms with Crippen LogP contribution in [0.5, 0.6) is 0 Å². The zero-order valence-electron chi connectivity index (χ0n) is 16.6. The molecule has 6 heteroatoms. The van der Waals surface area contributed by atoms with Gasteiger partial charge in [0.1, 0.15) is 5.82 Å². The lowest BCUT2D eigenvalue weighted by Crippen LogP contribution is -2.59. The Balaban J connectivity index is 1.35. The summed E-state index contributed by atoms with van der Waals surface area (Å²) in [6.07, 6.45) is 6.17. The number of hydrogen-bond donors (Lipinski definition) is 1. The van der Waals surface area contributed by atoms with Crippen LogP contribution in [-0.2, 0) is 6.42 Å². The maximum Gasteiger partial charge on any atom is 0.227 e. The van der Waals surface area contributed by atoms with Crippen molar-refractivity contribution >= 4 is 11.8 Å². The molecule has 0 radical (unpaired) electrons. The molecule has 1 unspecified atom stereocenters. The zero-order valence-corrected chi connectivity index (χ0v) is 16.6. The lowest BCUT2D eigenvalue weighted by Gasteiger charge is -2.47. The molecule has 0 amide bonds. The van der Waals surface area contributed by atoms with Crippen LogP contribution in [-0.4, -0.2) is 73.8 Å². The third-order valence-corrected chi connectivity index (χ3v) is 6.44. The van der Waals surface area contributed by atoms with Gasteiger partial charge in [-0.3, -0.25) is 0 Å². The van der Waals surface area contributed by atoms with Crippen LogP contribution < -0.4 is 15.1 Å². The minimum Gasteiger partial charge on any atom is -0.356 e. The van der Waals surface area contributed by atoms with Crippen LogP contribution in [0.2, 0.25) is 0 Å². The number of nitrogens with one attached hydrogen (secondary N) is 1.